The van der Waals surface area contributed by atoms with Crippen LogP contribution in [0.2, 0.25) is 0 Å². The van der Waals surface area contributed by atoms with E-state index < -0.39 is 4.92 Å². The number of nitrogens with one attached hydrogen (secondary N) is 1. The number of nitriles is 1. The number of nitrogens with zero attached hydrogens (tertiary/aromatic N) is 5. The molecule has 2 heterocycles. The van der Waals surface area contributed by atoms with E-state index in [1.54, 1.807) is 18.3 Å². The summed E-state index contributed by atoms with van der Waals surface area (Å²) in [4.78, 5) is 15.0. The first-order valence-electron chi connectivity index (χ1n) is 8.91. The van der Waals surface area contributed by atoms with Gasteiger partial charge < -0.3 is 5.32 Å². The SMILES string of the molecule is N#Cc1cc(NCc2ccccc2Cn2cccn2)nc2ccc([N+](=O)[O-])cc12. The lowest BCUT2D eigenvalue weighted by Gasteiger charge is -2.12. The summed E-state index contributed by atoms with van der Waals surface area (Å²) < 4.78 is 1.85. The molecule has 29 heavy (non-hydrogen) atoms. The highest BCUT2D eigenvalue weighted by molar-refractivity contribution is 5.88. The average molecular weight is 384 g/mol. The lowest BCUT2D eigenvalue weighted by atomic mass is 10.1. The fraction of sp³-hybridized carbons (Fsp3) is 0.0952. The summed E-state index contributed by atoms with van der Waals surface area (Å²) in [5.74, 6) is 0.539. The number of anilines is 1. The van der Waals surface area contributed by atoms with Gasteiger partial charge in [-0.05, 0) is 29.3 Å². The number of nitro groups is 1. The molecule has 0 aliphatic heterocycles. The second-order valence-corrected chi connectivity index (χ2v) is 6.45. The Hall–Kier alpha value is -4.25. The van der Waals surface area contributed by atoms with Crippen LogP contribution in [0.1, 0.15) is 16.7 Å². The van der Waals surface area contributed by atoms with Crippen LogP contribution in [0, 0.1) is 21.4 Å². The molecule has 0 atom stereocenters. The van der Waals surface area contributed by atoms with E-state index in [-0.39, 0.29) is 5.69 Å². The molecule has 4 aromatic rings. The summed E-state index contributed by atoms with van der Waals surface area (Å²) >= 11 is 0. The molecule has 8 nitrogen and oxygen atoms in total. The largest absolute Gasteiger partial charge is 0.366 e. The van der Waals surface area contributed by atoms with Gasteiger partial charge in [-0.2, -0.15) is 10.4 Å². The number of fused-ring (bicyclic) bond motifs is 1. The number of benzene rings is 2. The molecule has 2 aromatic carbocycles. The Kier molecular flexibility index (Phi) is 4.86. The number of pyridine rings is 1. The number of non-ortho nitro benzene ring substituents is 1. The number of nitro benzene ring substituents is 1. The van der Waals surface area contributed by atoms with Gasteiger partial charge in [0.1, 0.15) is 5.82 Å². The number of rotatable bonds is 6. The van der Waals surface area contributed by atoms with Gasteiger partial charge in [-0.1, -0.05) is 24.3 Å². The van der Waals surface area contributed by atoms with Crippen LogP contribution in [0.5, 0.6) is 0 Å². The first-order valence-corrected chi connectivity index (χ1v) is 8.91. The maximum atomic E-state index is 11.0. The van der Waals surface area contributed by atoms with Gasteiger partial charge in [0.25, 0.3) is 5.69 Å². The van der Waals surface area contributed by atoms with E-state index in [1.807, 2.05) is 41.2 Å². The predicted octanol–water partition coefficient (Wildman–Crippen LogP) is 3.87. The van der Waals surface area contributed by atoms with E-state index in [2.05, 4.69) is 21.5 Å². The van der Waals surface area contributed by atoms with Gasteiger partial charge in [-0.25, -0.2) is 4.98 Å². The topological polar surface area (TPSA) is 110 Å². The molecule has 8 heteroatoms. The van der Waals surface area contributed by atoms with Crippen LogP contribution < -0.4 is 5.32 Å². The second-order valence-electron chi connectivity index (χ2n) is 6.45. The zero-order chi connectivity index (χ0) is 20.2. The molecule has 0 saturated carbocycles. The van der Waals surface area contributed by atoms with Crippen molar-refractivity contribution in [2.24, 2.45) is 0 Å². The third-order valence-electron chi connectivity index (χ3n) is 4.59. The number of hydrogen-bond acceptors (Lipinski definition) is 6. The van der Waals surface area contributed by atoms with Gasteiger partial charge in [-0.15, -0.1) is 0 Å². The van der Waals surface area contributed by atoms with Gasteiger partial charge in [0.15, 0.2) is 0 Å². The molecule has 142 valence electrons. The Balaban J connectivity index is 1.60. The molecule has 0 bridgehead atoms. The zero-order valence-electron chi connectivity index (χ0n) is 15.3. The number of aromatic nitrogens is 3. The van der Waals surface area contributed by atoms with Gasteiger partial charge >= 0.3 is 0 Å². The van der Waals surface area contributed by atoms with Gasteiger partial charge in [0.2, 0.25) is 0 Å². The van der Waals surface area contributed by atoms with E-state index in [0.717, 1.165) is 11.1 Å². The maximum Gasteiger partial charge on any atom is 0.270 e. The van der Waals surface area contributed by atoms with Crippen LogP contribution in [0.4, 0.5) is 11.5 Å². The minimum Gasteiger partial charge on any atom is -0.366 e. The Morgan fingerprint density at radius 2 is 1.97 bits per heavy atom. The first kappa shape index (κ1) is 18.1. The molecule has 0 aliphatic rings. The summed E-state index contributed by atoms with van der Waals surface area (Å²) in [6.07, 6.45) is 3.65. The van der Waals surface area contributed by atoms with Crippen LogP contribution in [0.15, 0.2) is 67.0 Å². The summed E-state index contributed by atoms with van der Waals surface area (Å²) in [7, 11) is 0. The molecule has 1 N–H and O–H groups in total. The van der Waals surface area contributed by atoms with Crippen molar-refractivity contribution < 1.29 is 4.92 Å². The van der Waals surface area contributed by atoms with Crippen molar-refractivity contribution in [3.63, 3.8) is 0 Å². The van der Waals surface area contributed by atoms with Crippen molar-refractivity contribution in [2.75, 3.05) is 5.32 Å². The highest BCUT2D eigenvalue weighted by Gasteiger charge is 2.12. The lowest BCUT2D eigenvalue weighted by Crippen LogP contribution is -2.08. The van der Waals surface area contributed by atoms with Gasteiger partial charge in [-0.3, -0.25) is 14.8 Å². The van der Waals surface area contributed by atoms with E-state index in [4.69, 9.17) is 0 Å². The molecule has 2 aromatic heterocycles. The minimum absolute atomic E-state index is 0.0657. The lowest BCUT2D eigenvalue weighted by molar-refractivity contribution is -0.384. The Morgan fingerprint density at radius 1 is 1.14 bits per heavy atom. The fourth-order valence-electron chi connectivity index (χ4n) is 3.15. The monoisotopic (exact) mass is 384 g/mol. The van der Waals surface area contributed by atoms with E-state index in [9.17, 15) is 15.4 Å². The highest BCUT2D eigenvalue weighted by atomic mass is 16.6. The Bertz CT molecular complexity index is 1230. The molecule has 0 unspecified atom stereocenters. The van der Waals surface area contributed by atoms with Gasteiger partial charge in [0.05, 0.1) is 28.6 Å². The van der Waals surface area contributed by atoms with E-state index in [0.29, 0.717) is 35.4 Å². The van der Waals surface area contributed by atoms with Crippen LogP contribution in [-0.4, -0.2) is 19.7 Å². The summed E-state index contributed by atoms with van der Waals surface area (Å²) in [6.45, 7) is 1.18. The molecular weight excluding hydrogens is 368 g/mol. The van der Waals surface area contributed by atoms with Crippen LogP contribution in [0.3, 0.4) is 0 Å². The normalized spacial score (nSPS) is 10.6. The smallest absolute Gasteiger partial charge is 0.270 e. The minimum atomic E-state index is -0.483. The highest BCUT2D eigenvalue weighted by Crippen LogP contribution is 2.25. The quantitative estimate of drug-likeness (QED) is 0.399. The molecule has 4 rings (SSSR count). The van der Waals surface area contributed by atoms with E-state index >= 15 is 0 Å². The van der Waals surface area contributed by atoms with Crippen LogP contribution in [0.25, 0.3) is 10.9 Å². The van der Waals surface area contributed by atoms with Crippen molar-refractivity contribution in [1.29, 1.82) is 5.26 Å². The summed E-state index contributed by atoms with van der Waals surface area (Å²) in [5.41, 5.74) is 3.02. The third kappa shape index (κ3) is 3.89. The Labute approximate surface area is 166 Å². The average Bonchev–Trinajstić information content (AvgIpc) is 3.25. The standard InChI is InChI=1S/C21H16N6O2/c22-12-17-10-21(25-20-7-6-18(27(28)29)11-19(17)20)23-13-15-4-1-2-5-16(15)14-26-9-3-8-24-26/h1-11H,13-14H2,(H,23,25). The van der Waals surface area contributed by atoms with Crippen molar-refractivity contribution in [3.05, 3.63) is 93.8 Å². The second kappa shape index (κ2) is 7.78. The maximum absolute atomic E-state index is 11.0. The zero-order valence-corrected chi connectivity index (χ0v) is 15.3. The molecule has 0 saturated heterocycles. The van der Waals surface area contributed by atoms with Crippen molar-refractivity contribution in [3.8, 4) is 6.07 Å². The van der Waals surface area contributed by atoms with Crippen molar-refractivity contribution in [1.82, 2.24) is 14.8 Å². The molecule has 0 radical (unpaired) electrons. The van der Waals surface area contributed by atoms with Crippen molar-refractivity contribution in [2.45, 2.75) is 13.1 Å². The van der Waals surface area contributed by atoms with Gasteiger partial charge in [0, 0.05) is 36.5 Å². The van der Waals surface area contributed by atoms with Crippen LogP contribution >= 0.6 is 0 Å². The number of hydrogen-bond donors (Lipinski definition) is 1. The summed E-state index contributed by atoms with van der Waals surface area (Å²) in [5, 5.41) is 28.4. The molecular formula is C21H16N6O2. The Morgan fingerprint density at radius 3 is 2.69 bits per heavy atom. The molecule has 0 fully saturated rings. The van der Waals surface area contributed by atoms with Crippen molar-refractivity contribution >= 4 is 22.4 Å². The fourth-order valence-corrected chi connectivity index (χ4v) is 3.15. The van der Waals surface area contributed by atoms with E-state index in [1.165, 1.54) is 12.1 Å². The predicted molar refractivity (Wildman–Crippen MR) is 108 cm³/mol. The summed E-state index contributed by atoms with van der Waals surface area (Å²) in [6, 6.07) is 18.0. The molecule has 0 amide bonds. The first-order chi connectivity index (χ1) is 14.1. The molecule has 0 spiro atoms. The third-order valence-corrected chi connectivity index (χ3v) is 4.59. The van der Waals surface area contributed by atoms with Crippen LogP contribution in [-0.2, 0) is 13.1 Å². The molecule has 0 aliphatic carbocycles.